The van der Waals surface area contributed by atoms with Gasteiger partial charge in [-0.3, -0.25) is 4.90 Å². The van der Waals surface area contributed by atoms with Gasteiger partial charge in [0.25, 0.3) is 0 Å². The molecular weight excluding hydrogens is 328 g/mol. The quantitative estimate of drug-likeness (QED) is 0.806. The average Bonchev–Trinajstić information content (AvgIpc) is 2.40. The molecule has 2 N–H and O–H groups in total. The van der Waals surface area contributed by atoms with Crippen LogP contribution < -0.4 is 4.72 Å². The Labute approximate surface area is 146 Å². The zero-order chi connectivity index (χ0) is 18.3. The van der Waals surface area contributed by atoms with Crippen molar-refractivity contribution in [2.24, 2.45) is 5.41 Å². The predicted octanol–water partition coefficient (Wildman–Crippen LogP) is 2.13. The van der Waals surface area contributed by atoms with Crippen LogP contribution in [0.2, 0.25) is 0 Å². The highest BCUT2D eigenvalue weighted by molar-refractivity contribution is 7.90. The first-order valence-electron chi connectivity index (χ1n) is 7.86. The van der Waals surface area contributed by atoms with E-state index in [9.17, 15) is 14.5 Å². The fraction of sp³-hybridized carbons (Fsp3) is 0.688. The molecule has 1 fully saturated rings. The number of carbonyl (C=O) groups is 1. The lowest BCUT2D eigenvalue weighted by Gasteiger charge is -2.59. The summed E-state index contributed by atoms with van der Waals surface area (Å²) < 4.78 is 15.5. The van der Waals surface area contributed by atoms with Crippen LogP contribution in [0.5, 0.6) is 0 Å². The highest BCUT2D eigenvalue weighted by Crippen LogP contribution is 2.47. The standard InChI is InChI=1S/C16H26N4O3S/c1-14(2,3)11-16(10-20(11)13(21)22,12-17-8-7-9-18-12)19-24(23)15(4,5)6/h7-9,11,19H,10H2,1-6H3,(H,21,22). The van der Waals surface area contributed by atoms with Crippen LogP contribution in [0.3, 0.4) is 0 Å². The molecule has 134 valence electrons. The van der Waals surface area contributed by atoms with Gasteiger partial charge in [0.2, 0.25) is 0 Å². The highest BCUT2D eigenvalue weighted by atomic mass is 32.2. The number of rotatable bonds is 3. The van der Waals surface area contributed by atoms with Gasteiger partial charge < -0.3 is 9.66 Å². The summed E-state index contributed by atoms with van der Waals surface area (Å²) in [6.07, 6.45) is 2.24. The number of hydrogen-bond acceptors (Lipinski definition) is 5. The van der Waals surface area contributed by atoms with E-state index in [1.165, 1.54) is 4.90 Å². The van der Waals surface area contributed by atoms with Crippen molar-refractivity contribution in [1.82, 2.24) is 19.6 Å². The number of likely N-dealkylation sites (tertiary alicyclic amines) is 1. The number of nitrogens with one attached hydrogen (secondary N) is 1. The molecule has 0 aromatic carbocycles. The fourth-order valence-corrected chi connectivity index (χ4v) is 4.06. The summed E-state index contributed by atoms with van der Waals surface area (Å²) in [5, 5.41) is 9.52. The van der Waals surface area contributed by atoms with Crippen LogP contribution >= 0.6 is 0 Å². The Morgan fingerprint density at radius 1 is 1.33 bits per heavy atom. The lowest BCUT2D eigenvalue weighted by Crippen LogP contribution is -2.79. The largest absolute Gasteiger partial charge is 0.598 e. The number of hydrogen-bond donors (Lipinski definition) is 2. The molecule has 1 aromatic rings. The third kappa shape index (κ3) is 3.36. The lowest BCUT2D eigenvalue weighted by atomic mass is 9.67. The monoisotopic (exact) mass is 354 g/mol. The van der Waals surface area contributed by atoms with Crippen LogP contribution in [-0.4, -0.2) is 48.0 Å². The van der Waals surface area contributed by atoms with Gasteiger partial charge >= 0.3 is 6.09 Å². The van der Waals surface area contributed by atoms with Crippen molar-refractivity contribution in [3.63, 3.8) is 0 Å². The smallest absolute Gasteiger partial charge is 0.407 e. The van der Waals surface area contributed by atoms with Gasteiger partial charge in [0.1, 0.15) is 4.75 Å². The van der Waals surface area contributed by atoms with Gasteiger partial charge in [0.05, 0.1) is 12.6 Å². The zero-order valence-corrected chi connectivity index (χ0v) is 15.8. The van der Waals surface area contributed by atoms with Crippen LogP contribution in [0, 0.1) is 5.41 Å². The van der Waals surface area contributed by atoms with Crippen molar-refractivity contribution < 1.29 is 14.5 Å². The summed E-state index contributed by atoms with van der Waals surface area (Å²) >= 11 is -1.39. The number of nitrogens with zero attached hydrogens (tertiary/aromatic N) is 3. The van der Waals surface area contributed by atoms with Crippen LogP contribution in [0.1, 0.15) is 47.4 Å². The van der Waals surface area contributed by atoms with Gasteiger partial charge in [-0.05, 0) is 32.3 Å². The number of aromatic nitrogens is 2. The Hall–Kier alpha value is -1.38. The lowest BCUT2D eigenvalue weighted by molar-refractivity contribution is -0.0694. The summed E-state index contributed by atoms with van der Waals surface area (Å²) in [5.41, 5.74) is -1.26. The maximum absolute atomic E-state index is 12.8. The molecule has 0 saturated carbocycles. The highest BCUT2D eigenvalue weighted by Gasteiger charge is 2.64. The first-order valence-corrected chi connectivity index (χ1v) is 9.01. The van der Waals surface area contributed by atoms with E-state index in [1.54, 1.807) is 18.5 Å². The molecule has 0 aliphatic carbocycles. The van der Waals surface area contributed by atoms with E-state index in [0.717, 1.165) is 0 Å². The molecule has 7 nitrogen and oxygen atoms in total. The molecule has 0 spiro atoms. The van der Waals surface area contributed by atoms with Crippen LogP contribution in [0.25, 0.3) is 0 Å². The summed E-state index contributed by atoms with van der Waals surface area (Å²) in [7, 11) is 0. The van der Waals surface area contributed by atoms with Gasteiger partial charge in [0, 0.05) is 23.8 Å². The topological polar surface area (TPSA) is 101 Å². The Morgan fingerprint density at radius 2 is 1.88 bits per heavy atom. The molecule has 1 aliphatic heterocycles. The second-order valence-electron chi connectivity index (χ2n) is 8.21. The summed E-state index contributed by atoms with van der Waals surface area (Å²) in [4.78, 5) is 21.7. The Morgan fingerprint density at radius 3 is 2.29 bits per heavy atom. The Bertz CT molecular complexity index is 600. The summed E-state index contributed by atoms with van der Waals surface area (Å²) in [6.45, 7) is 11.7. The first kappa shape index (κ1) is 19.0. The average molecular weight is 354 g/mol. The van der Waals surface area contributed by atoms with Gasteiger partial charge in [-0.2, -0.15) is 0 Å². The molecule has 3 atom stereocenters. The van der Waals surface area contributed by atoms with E-state index in [-0.39, 0.29) is 12.0 Å². The summed E-state index contributed by atoms with van der Waals surface area (Å²) in [5.74, 6) is 0.472. The van der Waals surface area contributed by atoms with Crippen molar-refractivity contribution in [2.75, 3.05) is 6.54 Å². The Kier molecular flexibility index (Phi) is 4.87. The van der Waals surface area contributed by atoms with Crippen molar-refractivity contribution in [2.45, 2.75) is 57.9 Å². The second kappa shape index (κ2) is 6.16. The maximum atomic E-state index is 12.8. The molecule has 1 amide bonds. The van der Waals surface area contributed by atoms with Gasteiger partial charge in [-0.15, -0.1) is 4.72 Å². The minimum absolute atomic E-state index is 0.163. The minimum atomic E-state index is -1.39. The number of carboxylic acid groups (broad SMARTS) is 1. The van der Waals surface area contributed by atoms with Gasteiger partial charge in [-0.25, -0.2) is 14.8 Å². The molecule has 24 heavy (non-hydrogen) atoms. The van der Waals surface area contributed by atoms with E-state index < -0.39 is 33.8 Å². The molecule has 0 bridgehead atoms. The zero-order valence-electron chi connectivity index (χ0n) is 15.0. The third-order valence-electron chi connectivity index (χ3n) is 4.06. The third-order valence-corrected chi connectivity index (χ3v) is 5.72. The van der Waals surface area contributed by atoms with E-state index in [1.807, 2.05) is 41.5 Å². The fourth-order valence-electron chi connectivity index (χ4n) is 3.16. The second-order valence-corrected chi connectivity index (χ2v) is 10.2. The van der Waals surface area contributed by atoms with Crippen molar-refractivity contribution >= 4 is 17.5 Å². The van der Waals surface area contributed by atoms with Crippen LogP contribution in [0.4, 0.5) is 4.79 Å². The molecule has 2 heterocycles. The minimum Gasteiger partial charge on any atom is -0.598 e. The molecular formula is C16H26N4O3S. The SMILES string of the molecule is CC(C)(C)C1N(C(=O)O)CC1(N[S+]([O-])C(C)(C)C)c1ncccn1. The molecule has 2 rings (SSSR count). The van der Waals surface area contributed by atoms with Crippen LogP contribution in [-0.2, 0) is 16.9 Å². The number of amides is 1. The van der Waals surface area contributed by atoms with Crippen LogP contribution in [0.15, 0.2) is 18.5 Å². The van der Waals surface area contributed by atoms with E-state index in [0.29, 0.717) is 5.82 Å². The molecule has 1 aliphatic rings. The normalized spacial score (nSPS) is 26.0. The predicted molar refractivity (Wildman–Crippen MR) is 92.7 cm³/mol. The Balaban J connectivity index is 2.50. The van der Waals surface area contributed by atoms with E-state index >= 15 is 0 Å². The van der Waals surface area contributed by atoms with Crippen molar-refractivity contribution in [1.29, 1.82) is 0 Å². The van der Waals surface area contributed by atoms with E-state index in [2.05, 4.69) is 14.7 Å². The van der Waals surface area contributed by atoms with Crippen molar-refractivity contribution in [3.05, 3.63) is 24.3 Å². The molecule has 8 heteroatoms. The molecule has 0 radical (unpaired) electrons. The molecule has 1 saturated heterocycles. The maximum Gasteiger partial charge on any atom is 0.407 e. The molecule has 1 aromatic heterocycles. The van der Waals surface area contributed by atoms with E-state index in [4.69, 9.17) is 0 Å². The van der Waals surface area contributed by atoms with Crippen molar-refractivity contribution in [3.8, 4) is 0 Å². The summed E-state index contributed by atoms with van der Waals surface area (Å²) in [6, 6.07) is 1.27. The first-order chi connectivity index (χ1) is 10.9. The van der Waals surface area contributed by atoms with Gasteiger partial charge in [0.15, 0.2) is 11.4 Å². The molecule has 3 unspecified atom stereocenters. The van der Waals surface area contributed by atoms with Gasteiger partial charge in [-0.1, -0.05) is 20.8 Å².